The fraction of sp³-hybridized carbons (Fsp3) is 0.381. The Morgan fingerprint density at radius 2 is 1.71 bits per heavy atom. The Morgan fingerprint density at radius 1 is 1.00 bits per heavy atom. The number of unbranched alkanes of at least 4 members (excludes halogenated alkanes) is 1. The third-order valence-corrected chi connectivity index (χ3v) is 4.29. The number of amides is 3. The van der Waals surface area contributed by atoms with E-state index in [0.717, 1.165) is 12.8 Å². The highest BCUT2D eigenvalue weighted by Crippen LogP contribution is 2.06. The van der Waals surface area contributed by atoms with Crippen LogP contribution in [0.1, 0.15) is 26.7 Å². The summed E-state index contributed by atoms with van der Waals surface area (Å²) in [6.07, 6.45) is 3.28. The highest BCUT2D eigenvalue weighted by molar-refractivity contribution is 5.93. The number of urea groups is 1. The Hall–Kier alpha value is -3.09. The van der Waals surface area contributed by atoms with E-state index in [4.69, 9.17) is 0 Å². The van der Waals surface area contributed by atoms with Crippen LogP contribution in [0.4, 0.5) is 10.5 Å². The van der Waals surface area contributed by atoms with Crippen LogP contribution in [0, 0.1) is 5.92 Å². The predicted molar refractivity (Wildman–Crippen MR) is 110 cm³/mol. The van der Waals surface area contributed by atoms with Crippen molar-refractivity contribution in [3.05, 3.63) is 65.1 Å². The van der Waals surface area contributed by atoms with Gasteiger partial charge >= 0.3 is 6.03 Å². The van der Waals surface area contributed by atoms with Crippen LogP contribution in [0.2, 0.25) is 0 Å². The molecule has 1 heterocycles. The molecule has 1 aromatic carbocycles. The summed E-state index contributed by atoms with van der Waals surface area (Å²) in [7, 11) is 0. The first-order valence-electron chi connectivity index (χ1n) is 9.53. The zero-order valence-electron chi connectivity index (χ0n) is 16.4. The fourth-order valence-corrected chi connectivity index (χ4v) is 2.74. The molecule has 0 bridgehead atoms. The summed E-state index contributed by atoms with van der Waals surface area (Å²) in [4.78, 5) is 36.2. The SMILES string of the molecule is CC(C)C(NC(=O)Nc1ccccc1)C(=O)NCCCCn1ccccc1=O. The Bertz CT molecular complexity index is 818. The van der Waals surface area contributed by atoms with E-state index in [1.807, 2.05) is 38.1 Å². The molecule has 0 aliphatic heterocycles. The molecule has 0 spiro atoms. The molecule has 1 aromatic heterocycles. The Balaban J connectivity index is 1.75. The van der Waals surface area contributed by atoms with Crippen molar-refractivity contribution in [3.63, 3.8) is 0 Å². The van der Waals surface area contributed by atoms with Crippen LogP contribution in [0.15, 0.2) is 59.5 Å². The Morgan fingerprint density at radius 3 is 2.39 bits per heavy atom. The Kier molecular flexibility index (Phi) is 8.27. The second-order valence-electron chi connectivity index (χ2n) is 6.92. The van der Waals surface area contributed by atoms with Crippen molar-refractivity contribution in [3.8, 4) is 0 Å². The van der Waals surface area contributed by atoms with Crippen LogP contribution in [-0.4, -0.2) is 29.1 Å². The van der Waals surface area contributed by atoms with E-state index in [2.05, 4.69) is 16.0 Å². The molecule has 0 saturated heterocycles. The molecular formula is C21H28N4O3. The first-order chi connectivity index (χ1) is 13.5. The first-order valence-corrected chi connectivity index (χ1v) is 9.53. The summed E-state index contributed by atoms with van der Waals surface area (Å²) in [5.41, 5.74) is 0.638. The Labute approximate surface area is 165 Å². The molecule has 1 unspecified atom stereocenters. The van der Waals surface area contributed by atoms with E-state index < -0.39 is 12.1 Å². The van der Waals surface area contributed by atoms with Crippen molar-refractivity contribution in [2.24, 2.45) is 5.92 Å². The van der Waals surface area contributed by atoms with Crippen LogP contribution in [0.25, 0.3) is 0 Å². The standard InChI is InChI=1S/C21H28N4O3/c1-16(2)19(24-21(28)23-17-10-4-3-5-11-17)20(27)22-13-7-9-15-25-14-8-6-12-18(25)26/h3-6,8,10-12,14,16,19H,7,9,13,15H2,1-2H3,(H,22,27)(H2,23,24,28). The molecule has 1 atom stereocenters. The van der Waals surface area contributed by atoms with Gasteiger partial charge in [-0.3, -0.25) is 9.59 Å². The maximum Gasteiger partial charge on any atom is 0.319 e. The third kappa shape index (κ3) is 6.90. The van der Waals surface area contributed by atoms with Crippen molar-refractivity contribution in [2.75, 3.05) is 11.9 Å². The second-order valence-corrected chi connectivity index (χ2v) is 6.92. The van der Waals surface area contributed by atoms with Gasteiger partial charge in [-0.1, -0.05) is 38.1 Å². The molecule has 3 amide bonds. The second kappa shape index (κ2) is 10.9. The van der Waals surface area contributed by atoms with Gasteiger partial charge in [-0.2, -0.15) is 0 Å². The predicted octanol–water partition coefficient (Wildman–Crippen LogP) is 2.59. The summed E-state index contributed by atoms with van der Waals surface area (Å²) in [5, 5.41) is 8.32. The van der Waals surface area contributed by atoms with E-state index in [-0.39, 0.29) is 17.4 Å². The average Bonchev–Trinajstić information content (AvgIpc) is 2.67. The summed E-state index contributed by atoms with van der Waals surface area (Å²) in [6, 6.07) is 13.1. The highest BCUT2D eigenvalue weighted by atomic mass is 16.2. The topological polar surface area (TPSA) is 92.2 Å². The quantitative estimate of drug-likeness (QED) is 0.580. The van der Waals surface area contributed by atoms with Crippen LogP contribution < -0.4 is 21.5 Å². The summed E-state index contributed by atoms with van der Waals surface area (Å²) >= 11 is 0. The number of nitrogens with zero attached hydrogens (tertiary/aromatic N) is 1. The van der Waals surface area contributed by atoms with Gasteiger partial charge < -0.3 is 20.5 Å². The van der Waals surface area contributed by atoms with Gasteiger partial charge in [0.1, 0.15) is 6.04 Å². The molecule has 0 fully saturated rings. The zero-order chi connectivity index (χ0) is 20.4. The molecule has 28 heavy (non-hydrogen) atoms. The van der Waals surface area contributed by atoms with E-state index in [9.17, 15) is 14.4 Å². The molecular weight excluding hydrogens is 356 g/mol. The molecule has 2 rings (SSSR count). The molecule has 3 N–H and O–H groups in total. The molecule has 7 heteroatoms. The summed E-state index contributed by atoms with van der Waals surface area (Å²) in [6.45, 7) is 4.87. The number of carbonyl (C=O) groups is 2. The number of hydrogen-bond acceptors (Lipinski definition) is 3. The van der Waals surface area contributed by atoms with E-state index >= 15 is 0 Å². The number of pyridine rings is 1. The van der Waals surface area contributed by atoms with Gasteiger partial charge in [0.15, 0.2) is 0 Å². The maximum absolute atomic E-state index is 12.5. The molecule has 0 saturated carbocycles. The monoisotopic (exact) mass is 384 g/mol. The molecule has 0 aliphatic carbocycles. The van der Waals surface area contributed by atoms with Gasteiger partial charge in [0.05, 0.1) is 0 Å². The van der Waals surface area contributed by atoms with Crippen molar-refractivity contribution >= 4 is 17.6 Å². The maximum atomic E-state index is 12.5. The molecule has 0 radical (unpaired) electrons. The van der Waals surface area contributed by atoms with Crippen LogP contribution >= 0.6 is 0 Å². The van der Waals surface area contributed by atoms with Gasteiger partial charge in [0.2, 0.25) is 11.5 Å². The molecule has 0 aliphatic rings. The van der Waals surface area contributed by atoms with E-state index in [1.54, 1.807) is 29.0 Å². The number of rotatable bonds is 9. The van der Waals surface area contributed by atoms with Crippen molar-refractivity contribution in [1.82, 2.24) is 15.2 Å². The number of anilines is 1. The molecule has 150 valence electrons. The van der Waals surface area contributed by atoms with E-state index in [1.165, 1.54) is 6.07 Å². The van der Waals surface area contributed by atoms with Gasteiger partial charge in [-0.25, -0.2) is 4.79 Å². The lowest BCUT2D eigenvalue weighted by atomic mass is 10.0. The first kappa shape index (κ1) is 21.2. The number of benzene rings is 1. The van der Waals surface area contributed by atoms with Gasteiger partial charge in [-0.15, -0.1) is 0 Å². The number of hydrogen-bond donors (Lipinski definition) is 3. The highest BCUT2D eigenvalue weighted by Gasteiger charge is 2.23. The van der Waals surface area contributed by atoms with Crippen molar-refractivity contribution in [1.29, 1.82) is 0 Å². The van der Waals surface area contributed by atoms with Crippen molar-refractivity contribution in [2.45, 2.75) is 39.3 Å². The number of carbonyl (C=O) groups excluding carboxylic acids is 2. The summed E-state index contributed by atoms with van der Waals surface area (Å²) in [5.74, 6) is -0.264. The molecule has 2 aromatic rings. The van der Waals surface area contributed by atoms with E-state index in [0.29, 0.717) is 18.8 Å². The zero-order valence-corrected chi connectivity index (χ0v) is 16.4. The van der Waals surface area contributed by atoms with Crippen LogP contribution in [-0.2, 0) is 11.3 Å². The number of aryl methyl sites for hydroxylation is 1. The number of aromatic nitrogens is 1. The van der Waals surface area contributed by atoms with Gasteiger partial charge in [0.25, 0.3) is 0 Å². The fourth-order valence-electron chi connectivity index (χ4n) is 2.74. The van der Waals surface area contributed by atoms with Crippen LogP contribution in [0.3, 0.4) is 0 Å². The summed E-state index contributed by atoms with van der Waals surface area (Å²) < 4.78 is 1.65. The lowest BCUT2D eigenvalue weighted by Crippen LogP contribution is -2.51. The minimum atomic E-state index is -0.625. The average molecular weight is 384 g/mol. The molecule has 7 nitrogen and oxygen atoms in total. The number of nitrogens with one attached hydrogen (secondary N) is 3. The smallest absolute Gasteiger partial charge is 0.319 e. The third-order valence-electron chi connectivity index (χ3n) is 4.29. The van der Waals surface area contributed by atoms with Crippen molar-refractivity contribution < 1.29 is 9.59 Å². The minimum Gasteiger partial charge on any atom is -0.354 e. The normalized spacial score (nSPS) is 11.7. The minimum absolute atomic E-state index is 0.0277. The largest absolute Gasteiger partial charge is 0.354 e. The lowest BCUT2D eigenvalue weighted by Gasteiger charge is -2.22. The van der Waals surface area contributed by atoms with Crippen LogP contribution in [0.5, 0.6) is 0 Å². The lowest BCUT2D eigenvalue weighted by molar-refractivity contribution is -0.123. The number of para-hydroxylation sites is 1. The van der Waals surface area contributed by atoms with Gasteiger partial charge in [-0.05, 0) is 37.0 Å². The van der Waals surface area contributed by atoms with Gasteiger partial charge in [0, 0.05) is 31.0 Å².